The van der Waals surface area contributed by atoms with E-state index in [0.717, 1.165) is 17.9 Å². The third-order valence-electron chi connectivity index (χ3n) is 4.24. The molecule has 0 amide bonds. The fourth-order valence-electron chi connectivity index (χ4n) is 2.82. The molecule has 0 bridgehead atoms. The van der Waals surface area contributed by atoms with Crippen LogP contribution in [-0.2, 0) is 11.3 Å². The van der Waals surface area contributed by atoms with Gasteiger partial charge in [-0.3, -0.25) is 9.69 Å². The van der Waals surface area contributed by atoms with Gasteiger partial charge in [-0.25, -0.2) is 4.39 Å². The second kappa shape index (κ2) is 5.57. The van der Waals surface area contributed by atoms with E-state index in [1.165, 1.54) is 12.1 Å². The van der Waals surface area contributed by atoms with E-state index in [2.05, 4.69) is 4.90 Å². The Morgan fingerprint density at radius 3 is 2.68 bits per heavy atom. The second-order valence-corrected chi connectivity index (χ2v) is 6.10. The average molecular weight is 303 g/mol. The van der Waals surface area contributed by atoms with Crippen molar-refractivity contribution in [2.24, 2.45) is 5.41 Å². The fourth-order valence-corrected chi connectivity index (χ4v) is 2.82. The van der Waals surface area contributed by atoms with Crippen molar-refractivity contribution in [3.63, 3.8) is 0 Å². The molecule has 1 saturated heterocycles. The maximum Gasteiger partial charge on any atom is 0.310 e. The first-order chi connectivity index (χ1) is 10.5. The first kappa shape index (κ1) is 14.8. The predicted molar refractivity (Wildman–Crippen MR) is 79.7 cm³/mol. The molecule has 0 radical (unpaired) electrons. The number of carboxylic acid groups (broad SMARTS) is 1. The summed E-state index contributed by atoms with van der Waals surface area (Å²) in [6, 6.07) is 9.89. The van der Waals surface area contributed by atoms with Gasteiger partial charge in [0.25, 0.3) is 0 Å². The van der Waals surface area contributed by atoms with Gasteiger partial charge in [-0.05, 0) is 56.3 Å². The number of likely N-dealkylation sites (tertiary alicyclic amines) is 1. The standard InChI is InChI=1S/C17H18FNO3/c1-17(16(20)21)8-9-19(11-17)10-14-6-7-15(22-14)12-2-4-13(18)5-3-12/h2-7H,8-11H2,1H3,(H,20,21). The molecule has 0 saturated carbocycles. The van der Waals surface area contributed by atoms with Crippen LogP contribution in [0.5, 0.6) is 0 Å². The molecule has 3 rings (SSSR count). The summed E-state index contributed by atoms with van der Waals surface area (Å²) in [5.74, 6) is 0.450. The first-order valence-corrected chi connectivity index (χ1v) is 7.27. The Balaban J connectivity index is 1.68. The van der Waals surface area contributed by atoms with E-state index in [-0.39, 0.29) is 5.82 Å². The average Bonchev–Trinajstić information content (AvgIpc) is 3.08. The Hall–Kier alpha value is -2.14. The van der Waals surface area contributed by atoms with Crippen LogP contribution in [0.1, 0.15) is 19.1 Å². The number of nitrogens with zero attached hydrogens (tertiary/aromatic N) is 1. The number of hydrogen-bond donors (Lipinski definition) is 1. The van der Waals surface area contributed by atoms with Crippen molar-refractivity contribution >= 4 is 5.97 Å². The predicted octanol–water partition coefficient (Wildman–Crippen LogP) is 3.38. The summed E-state index contributed by atoms with van der Waals surface area (Å²) in [5.41, 5.74) is 0.149. The highest BCUT2D eigenvalue weighted by atomic mass is 19.1. The molecule has 1 fully saturated rings. The lowest BCUT2D eigenvalue weighted by molar-refractivity contribution is -0.147. The van der Waals surface area contributed by atoms with E-state index in [9.17, 15) is 14.3 Å². The molecule has 0 spiro atoms. The van der Waals surface area contributed by atoms with Gasteiger partial charge in [-0.1, -0.05) is 0 Å². The molecule has 1 aromatic carbocycles. The number of carboxylic acids is 1. The number of aliphatic carboxylic acids is 1. The zero-order valence-corrected chi connectivity index (χ0v) is 12.4. The van der Waals surface area contributed by atoms with Gasteiger partial charge in [0.15, 0.2) is 0 Å². The smallest absolute Gasteiger partial charge is 0.310 e. The van der Waals surface area contributed by atoms with Gasteiger partial charge in [0.1, 0.15) is 17.3 Å². The maximum absolute atomic E-state index is 12.9. The Morgan fingerprint density at radius 1 is 1.32 bits per heavy atom. The molecular formula is C17H18FNO3. The third-order valence-corrected chi connectivity index (χ3v) is 4.24. The Bertz CT molecular complexity index is 679. The van der Waals surface area contributed by atoms with Crippen LogP contribution >= 0.6 is 0 Å². The van der Waals surface area contributed by atoms with Gasteiger partial charge in [0.2, 0.25) is 0 Å². The summed E-state index contributed by atoms with van der Waals surface area (Å²) in [5, 5.41) is 9.25. The minimum absolute atomic E-state index is 0.277. The number of furan rings is 1. The zero-order chi connectivity index (χ0) is 15.7. The highest BCUT2D eigenvalue weighted by molar-refractivity contribution is 5.74. The SMILES string of the molecule is CC1(C(=O)O)CCN(Cc2ccc(-c3ccc(F)cc3)o2)C1. The summed E-state index contributed by atoms with van der Waals surface area (Å²) in [7, 11) is 0. The minimum atomic E-state index is -0.749. The number of benzene rings is 1. The van der Waals surface area contributed by atoms with Crippen LogP contribution in [0.3, 0.4) is 0 Å². The van der Waals surface area contributed by atoms with Crippen LogP contribution in [0.2, 0.25) is 0 Å². The van der Waals surface area contributed by atoms with Gasteiger partial charge < -0.3 is 9.52 Å². The van der Waals surface area contributed by atoms with Crippen molar-refractivity contribution in [1.29, 1.82) is 0 Å². The van der Waals surface area contributed by atoms with E-state index >= 15 is 0 Å². The molecule has 1 aliphatic heterocycles. The van der Waals surface area contributed by atoms with Gasteiger partial charge in [0.05, 0.1) is 12.0 Å². The van der Waals surface area contributed by atoms with Crippen LogP contribution < -0.4 is 0 Å². The Kier molecular flexibility index (Phi) is 3.74. The van der Waals surface area contributed by atoms with Crippen LogP contribution in [0.15, 0.2) is 40.8 Å². The number of rotatable bonds is 4. The van der Waals surface area contributed by atoms with E-state index < -0.39 is 11.4 Å². The molecule has 0 aliphatic carbocycles. The Morgan fingerprint density at radius 2 is 2.05 bits per heavy atom. The van der Waals surface area contributed by atoms with Crippen molar-refractivity contribution in [2.45, 2.75) is 19.9 Å². The summed E-state index contributed by atoms with van der Waals surface area (Å²) in [6.07, 6.45) is 0.647. The molecule has 1 unspecified atom stereocenters. The summed E-state index contributed by atoms with van der Waals surface area (Å²) < 4.78 is 18.7. The molecule has 5 heteroatoms. The highest BCUT2D eigenvalue weighted by Crippen LogP contribution is 2.31. The molecule has 2 heterocycles. The highest BCUT2D eigenvalue weighted by Gasteiger charge is 2.40. The molecular weight excluding hydrogens is 285 g/mol. The van der Waals surface area contributed by atoms with Crippen molar-refractivity contribution < 1.29 is 18.7 Å². The zero-order valence-electron chi connectivity index (χ0n) is 12.4. The lowest BCUT2D eigenvalue weighted by Gasteiger charge is -2.19. The molecule has 1 atom stereocenters. The second-order valence-electron chi connectivity index (χ2n) is 6.10. The van der Waals surface area contributed by atoms with E-state index in [1.54, 1.807) is 19.1 Å². The fraction of sp³-hybridized carbons (Fsp3) is 0.353. The van der Waals surface area contributed by atoms with Crippen LogP contribution in [0, 0.1) is 11.2 Å². The first-order valence-electron chi connectivity index (χ1n) is 7.27. The van der Waals surface area contributed by atoms with Crippen LogP contribution in [-0.4, -0.2) is 29.1 Å². The van der Waals surface area contributed by atoms with E-state index in [1.807, 2.05) is 12.1 Å². The number of carbonyl (C=O) groups is 1. The van der Waals surface area contributed by atoms with E-state index in [4.69, 9.17) is 4.42 Å². The normalized spacial score (nSPS) is 22.1. The van der Waals surface area contributed by atoms with Crippen molar-refractivity contribution in [1.82, 2.24) is 4.90 Å². The lowest BCUT2D eigenvalue weighted by atomic mass is 9.90. The molecule has 2 aromatic rings. The molecule has 1 N–H and O–H groups in total. The van der Waals surface area contributed by atoms with Gasteiger partial charge in [-0.15, -0.1) is 0 Å². The molecule has 1 aliphatic rings. The summed E-state index contributed by atoms with van der Waals surface area (Å²) >= 11 is 0. The lowest BCUT2D eigenvalue weighted by Crippen LogP contribution is -2.31. The van der Waals surface area contributed by atoms with Crippen molar-refractivity contribution in [2.75, 3.05) is 13.1 Å². The Labute approximate surface area is 128 Å². The molecule has 116 valence electrons. The summed E-state index contributed by atoms with van der Waals surface area (Å²) in [4.78, 5) is 13.3. The minimum Gasteiger partial charge on any atom is -0.481 e. The molecule has 1 aromatic heterocycles. The van der Waals surface area contributed by atoms with E-state index in [0.29, 0.717) is 25.3 Å². The topological polar surface area (TPSA) is 53.7 Å². The third kappa shape index (κ3) is 2.90. The maximum atomic E-state index is 12.9. The van der Waals surface area contributed by atoms with Gasteiger partial charge in [-0.2, -0.15) is 0 Å². The monoisotopic (exact) mass is 303 g/mol. The number of hydrogen-bond acceptors (Lipinski definition) is 3. The van der Waals surface area contributed by atoms with Gasteiger partial charge >= 0.3 is 5.97 Å². The largest absolute Gasteiger partial charge is 0.481 e. The molecule has 4 nitrogen and oxygen atoms in total. The molecule has 22 heavy (non-hydrogen) atoms. The van der Waals surface area contributed by atoms with Crippen LogP contribution in [0.25, 0.3) is 11.3 Å². The van der Waals surface area contributed by atoms with Crippen molar-refractivity contribution in [3.8, 4) is 11.3 Å². The van der Waals surface area contributed by atoms with Crippen LogP contribution in [0.4, 0.5) is 4.39 Å². The van der Waals surface area contributed by atoms with Gasteiger partial charge in [0, 0.05) is 12.1 Å². The summed E-state index contributed by atoms with van der Waals surface area (Å²) in [6.45, 7) is 3.63. The number of halogens is 1. The quantitative estimate of drug-likeness (QED) is 0.940. The van der Waals surface area contributed by atoms with Crippen molar-refractivity contribution in [3.05, 3.63) is 48.0 Å².